The van der Waals surface area contributed by atoms with Crippen molar-refractivity contribution in [2.75, 3.05) is 97.9 Å². The SMILES string of the molecule is CC1(C)OC[C@H](COc2cccc(N)n2)O1.COC(=O)c1ncc2c(n1)N(C(=O)Nc1cccc(OC[C@H]3COC(C)(C)O3)n1)[C@H]1CCCN2C1.COC(=O)c1ncc2c(n1)N[C@H]1CCCN2C1. The Hall–Kier alpha value is -6.69. The number of ether oxygens (including phenoxy) is 8. The van der Waals surface area contributed by atoms with Gasteiger partial charge >= 0.3 is 18.0 Å². The Balaban J connectivity index is 0.000000157. The van der Waals surface area contributed by atoms with Gasteiger partial charge in [0.15, 0.2) is 23.2 Å². The molecule has 0 radical (unpaired) electrons. The third-order valence-electron chi connectivity index (χ3n) is 11.6. The van der Waals surface area contributed by atoms with Crippen molar-refractivity contribution in [3.63, 3.8) is 0 Å². The fraction of sp³-hybridized carbons (Fsp3) is 0.533. The number of esters is 2. The van der Waals surface area contributed by atoms with Crippen LogP contribution in [0.5, 0.6) is 11.8 Å². The highest BCUT2D eigenvalue weighted by atomic mass is 16.8. The first-order valence-corrected chi connectivity index (χ1v) is 22.5. The lowest BCUT2D eigenvalue weighted by Gasteiger charge is -2.45. The van der Waals surface area contributed by atoms with Crippen LogP contribution in [0, 0.1) is 0 Å². The third-order valence-corrected chi connectivity index (χ3v) is 11.6. The number of carbonyl (C=O) groups excluding carboxylic acids is 3. The lowest BCUT2D eigenvalue weighted by Crippen LogP contribution is -2.56. The molecule has 4 fully saturated rings. The number of amides is 2. The summed E-state index contributed by atoms with van der Waals surface area (Å²) in [7, 11) is 2.60. The van der Waals surface area contributed by atoms with Gasteiger partial charge in [-0.1, -0.05) is 12.1 Å². The number of nitrogens with one attached hydrogen (secondary N) is 2. The van der Waals surface area contributed by atoms with Gasteiger partial charge in [0.2, 0.25) is 23.4 Å². The van der Waals surface area contributed by atoms with Gasteiger partial charge in [-0.2, -0.15) is 9.97 Å². The first-order valence-electron chi connectivity index (χ1n) is 22.5. The van der Waals surface area contributed by atoms with Gasteiger partial charge in [-0.25, -0.2) is 34.3 Å². The molecule has 68 heavy (non-hydrogen) atoms. The Morgan fingerprint density at radius 1 is 0.765 bits per heavy atom. The normalized spacial score (nSPS) is 22.4. The summed E-state index contributed by atoms with van der Waals surface area (Å²) in [5.74, 6) is 0.470. The molecule has 4 aromatic heterocycles. The molecule has 0 saturated carbocycles. The first-order chi connectivity index (χ1) is 32.7. The number of nitrogens with zero attached hydrogens (tertiary/aromatic N) is 9. The lowest BCUT2D eigenvalue weighted by atomic mass is 10.0. The standard InChI is InChI=1S/C23H28N6O6.C11H14N4O2.C11H16N2O3/c1-23(2)34-13-15(35-23)12-33-18-8-4-7-17(25-18)26-22(31)29-14-6-5-9-28(11-14)16-10-24-19(21(30)32-3)27-20(16)29;1-17-11(16)10-12-5-8-9(14-10)13-7-3-2-4-15(8)6-7;1-11(2)15-7-8(16-11)6-14-10-5-3-4-9(12)13-10/h4,7-8,10,14-15H,5-6,9,11-13H2,1-3H3,(H,25,26,31);5,7H,2-4,6H2,1H3,(H,12,13,14);3-5,8H,6-7H2,1-2H3,(H2,12,13)/t14-,15-;7-;8-/m000/s1. The van der Waals surface area contributed by atoms with E-state index in [1.807, 2.05) is 27.7 Å². The topological polar surface area (TPSA) is 262 Å². The Labute approximate surface area is 393 Å². The van der Waals surface area contributed by atoms with E-state index in [1.165, 1.54) is 20.6 Å². The van der Waals surface area contributed by atoms with Gasteiger partial charge in [-0.15, -0.1) is 0 Å². The van der Waals surface area contributed by atoms with Crippen molar-refractivity contribution in [1.82, 2.24) is 29.9 Å². The Kier molecular flexibility index (Phi) is 14.5. The van der Waals surface area contributed by atoms with Gasteiger partial charge in [0, 0.05) is 44.4 Å². The number of urea groups is 1. The van der Waals surface area contributed by atoms with Crippen molar-refractivity contribution in [3.8, 4) is 11.8 Å². The number of pyridine rings is 2. The van der Waals surface area contributed by atoms with Crippen LogP contribution in [0.25, 0.3) is 0 Å². The summed E-state index contributed by atoms with van der Waals surface area (Å²) in [6.45, 7) is 12.7. The third kappa shape index (κ3) is 11.7. The molecule has 4 aromatic rings. The van der Waals surface area contributed by atoms with Crippen molar-refractivity contribution in [2.45, 2.75) is 89.2 Å². The number of nitrogens with two attached hydrogens (primary N) is 1. The van der Waals surface area contributed by atoms with Gasteiger partial charge in [0.05, 0.1) is 57.2 Å². The molecule has 23 nitrogen and oxygen atoms in total. The molecule has 0 aromatic carbocycles. The fourth-order valence-electron chi connectivity index (χ4n) is 8.48. The average molecular weight is 943 g/mol. The fourth-order valence-corrected chi connectivity index (χ4v) is 8.48. The number of methoxy groups -OCH3 is 2. The minimum atomic E-state index is -0.662. The van der Waals surface area contributed by atoms with Crippen LogP contribution in [-0.2, 0) is 28.4 Å². The molecule has 4 atom stereocenters. The number of nitrogen functional groups attached to an aromatic ring is 1. The predicted molar refractivity (Wildman–Crippen MR) is 246 cm³/mol. The van der Waals surface area contributed by atoms with E-state index in [9.17, 15) is 14.4 Å². The summed E-state index contributed by atoms with van der Waals surface area (Å²) < 4.78 is 42.9. The summed E-state index contributed by atoms with van der Waals surface area (Å²) >= 11 is 0. The summed E-state index contributed by atoms with van der Waals surface area (Å²) in [5.41, 5.74) is 7.22. The maximum absolute atomic E-state index is 13.4. The molecular formula is C45H58N12O11. The van der Waals surface area contributed by atoms with E-state index < -0.39 is 29.5 Å². The molecular weight excluding hydrogens is 885 g/mol. The molecule has 10 rings (SSSR count). The molecule has 6 aliphatic rings. The highest BCUT2D eigenvalue weighted by molar-refractivity contribution is 6.04. The molecule has 23 heteroatoms. The maximum atomic E-state index is 13.4. The molecule has 6 aliphatic heterocycles. The summed E-state index contributed by atoms with van der Waals surface area (Å²) in [6.07, 6.45) is 7.08. The van der Waals surface area contributed by atoms with Gasteiger partial charge in [-0.3, -0.25) is 10.2 Å². The highest BCUT2D eigenvalue weighted by Gasteiger charge is 2.40. The van der Waals surface area contributed by atoms with Gasteiger partial charge < -0.3 is 58.7 Å². The van der Waals surface area contributed by atoms with Gasteiger partial charge in [0.25, 0.3) is 0 Å². The van der Waals surface area contributed by atoms with Crippen LogP contribution in [0.4, 0.5) is 39.4 Å². The van der Waals surface area contributed by atoms with E-state index >= 15 is 0 Å². The minimum absolute atomic E-state index is 0.0572. The highest BCUT2D eigenvalue weighted by Crippen LogP contribution is 2.38. The van der Waals surface area contributed by atoms with Crippen LogP contribution in [0.1, 0.15) is 74.6 Å². The van der Waals surface area contributed by atoms with Gasteiger partial charge in [0.1, 0.15) is 37.1 Å². The van der Waals surface area contributed by atoms with Gasteiger partial charge in [-0.05, 0) is 65.5 Å². The summed E-state index contributed by atoms with van der Waals surface area (Å²) in [6, 6.07) is 10.3. The summed E-state index contributed by atoms with van der Waals surface area (Å²) in [5, 5.41) is 6.19. The second-order valence-corrected chi connectivity index (χ2v) is 17.6. The van der Waals surface area contributed by atoms with Crippen LogP contribution in [0.3, 0.4) is 0 Å². The number of hydrogen-bond acceptors (Lipinski definition) is 21. The molecule has 10 heterocycles. The van der Waals surface area contributed by atoms with Crippen molar-refractivity contribution in [3.05, 3.63) is 60.4 Å². The minimum Gasteiger partial charge on any atom is -0.475 e. The van der Waals surface area contributed by atoms with Crippen LogP contribution < -0.4 is 40.5 Å². The molecule has 364 valence electrons. The number of anilines is 6. The molecule has 0 unspecified atom stereocenters. The molecule has 4 bridgehead atoms. The zero-order valence-corrected chi connectivity index (χ0v) is 39.0. The van der Waals surface area contributed by atoms with E-state index in [2.05, 4.69) is 55.1 Å². The quantitative estimate of drug-likeness (QED) is 0.200. The number of carbonyl (C=O) groups is 3. The van der Waals surface area contributed by atoms with Crippen molar-refractivity contribution < 1.29 is 52.3 Å². The average Bonchev–Trinajstić information content (AvgIpc) is 3.88. The van der Waals surface area contributed by atoms with E-state index in [1.54, 1.807) is 53.7 Å². The van der Waals surface area contributed by atoms with Crippen LogP contribution in [0.2, 0.25) is 0 Å². The number of rotatable bonds is 9. The number of fused-ring (bicyclic) bond motifs is 8. The zero-order chi connectivity index (χ0) is 48.0. The van der Waals surface area contributed by atoms with Crippen molar-refractivity contribution in [1.29, 1.82) is 0 Å². The van der Waals surface area contributed by atoms with Crippen molar-refractivity contribution >= 4 is 52.6 Å². The van der Waals surface area contributed by atoms with E-state index in [0.717, 1.165) is 50.4 Å². The second kappa shape index (κ2) is 20.7. The Bertz CT molecular complexity index is 2450. The zero-order valence-electron chi connectivity index (χ0n) is 39.0. The van der Waals surface area contributed by atoms with Crippen LogP contribution in [0.15, 0.2) is 48.8 Å². The Morgan fingerprint density at radius 3 is 1.97 bits per heavy atom. The van der Waals surface area contributed by atoms with Crippen LogP contribution in [-0.4, -0.2) is 151 Å². The number of hydrogen-bond donors (Lipinski definition) is 3. The molecule has 0 aliphatic carbocycles. The monoisotopic (exact) mass is 942 g/mol. The van der Waals surface area contributed by atoms with E-state index in [0.29, 0.717) is 67.3 Å². The van der Waals surface area contributed by atoms with Crippen LogP contribution >= 0.6 is 0 Å². The molecule has 0 spiro atoms. The second-order valence-electron chi connectivity index (χ2n) is 17.6. The predicted octanol–water partition coefficient (Wildman–Crippen LogP) is 4.06. The summed E-state index contributed by atoms with van der Waals surface area (Å²) in [4.78, 5) is 68.0. The number of aromatic nitrogens is 6. The molecule has 2 amide bonds. The molecule has 4 N–H and O–H groups in total. The smallest absolute Gasteiger partial charge is 0.376 e. The van der Waals surface area contributed by atoms with Crippen molar-refractivity contribution in [2.24, 2.45) is 0 Å². The molecule has 4 saturated heterocycles. The maximum Gasteiger partial charge on any atom is 0.376 e. The van der Waals surface area contributed by atoms with E-state index in [-0.39, 0.29) is 36.5 Å². The van der Waals surface area contributed by atoms with E-state index in [4.69, 9.17) is 38.9 Å². The largest absolute Gasteiger partial charge is 0.475 e. The first kappa shape index (κ1) is 47.8. The number of piperidine rings is 2. The Morgan fingerprint density at radius 2 is 1.35 bits per heavy atom. The lowest BCUT2D eigenvalue weighted by molar-refractivity contribution is -0.142.